The zero-order valence-electron chi connectivity index (χ0n) is 16.1. The molecule has 3 saturated heterocycles. The van der Waals surface area contributed by atoms with Crippen LogP contribution in [-0.2, 0) is 4.79 Å². The van der Waals surface area contributed by atoms with E-state index in [1.54, 1.807) is 6.20 Å². The Balaban J connectivity index is 1.23. The SMILES string of the molecule is O=C1N2[C@H](CC[C@H]2c2ccccc2)SC12CCN(c1ccnc3ccnn13)CC2. The van der Waals surface area contributed by atoms with Gasteiger partial charge in [0.15, 0.2) is 5.65 Å². The van der Waals surface area contributed by atoms with E-state index < -0.39 is 0 Å². The van der Waals surface area contributed by atoms with E-state index >= 15 is 0 Å². The third-order valence-electron chi connectivity index (χ3n) is 6.67. The summed E-state index contributed by atoms with van der Waals surface area (Å²) in [5.74, 6) is 1.42. The molecule has 0 bridgehead atoms. The van der Waals surface area contributed by atoms with Crippen molar-refractivity contribution in [3.63, 3.8) is 0 Å². The van der Waals surface area contributed by atoms with Crippen LogP contribution in [0.15, 0.2) is 54.9 Å². The van der Waals surface area contributed by atoms with Crippen LogP contribution in [0, 0.1) is 0 Å². The van der Waals surface area contributed by atoms with Crippen molar-refractivity contribution < 1.29 is 4.79 Å². The molecule has 0 unspecified atom stereocenters. The highest BCUT2D eigenvalue weighted by Crippen LogP contribution is 2.55. The van der Waals surface area contributed by atoms with Gasteiger partial charge in [0.1, 0.15) is 10.6 Å². The summed E-state index contributed by atoms with van der Waals surface area (Å²) in [7, 11) is 0. The molecule has 148 valence electrons. The molecule has 1 amide bonds. The van der Waals surface area contributed by atoms with E-state index in [0.717, 1.165) is 50.2 Å². The van der Waals surface area contributed by atoms with Gasteiger partial charge in [-0.3, -0.25) is 4.79 Å². The van der Waals surface area contributed by atoms with E-state index in [1.165, 1.54) is 5.56 Å². The first-order chi connectivity index (χ1) is 14.3. The van der Waals surface area contributed by atoms with Crippen LogP contribution in [0.4, 0.5) is 5.82 Å². The maximum Gasteiger partial charge on any atom is 0.240 e. The van der Waals surface area contributed by atoms with Crippen molar-refractivity contribution in [1.29, 1.82) is 0 Å². The minimum absolute atomic E-state index is 0.238. The Hall–Kier alpha value is -2.54. The molecule has 3 fully saturated rings. The number of nitrogens with zero attached hydrogens (tertiary/aromatic N) is 5. The molecule has 3 aliphatic heterocycles. The summed E-state index contributed by atoms with van der Waals surface area (Å²) in [4.78, 5) is 22.5. The van der Waals surface area contributed by atoms with Gasteiger partial charge >= 0.3 is 0 Å². The summed E-state index contributed by atoms with van der Waals surface area (Å²) in [6.07, 6.45) is 7.56. The van der Waals surface area contributed by atoms with E-state index in [0.29, 0.717) is 11.3 Å². The molecule has 1 aromatic carbocycles. The Kier molecular flexibility index (Phi) is 3.88. The van der Waals surface area contributed by atoms with Gasteiger partial charge in [-0.25, -0.2) is 4.98 Å². The number of hydrogen-bond acceptors (Lipinski definition) is 5. The average molecular weight is 406 g/mol. The Morgan fingerprint density at radius 2 is 1.83 bits per heavy atom. The maximum atomic E-state index is 13.6. The van der Waals surface area contributed by atoms with Gasteiger partial charge in [-0.15, -0.1) is 11.8 Å². The van der Waals surface area contributed by atoms with Gasteiger partial charge in [-0.2, -0.15) is 9.61 Å². The molecule has 3 aromatic rings. The van der Waals surface area contributed by atoms with Crippen molar-refractivity contribution in [2.45, 2.75) is 41.8 Å². The Bertz CT molecular complexity index is 1060. The number of thioether (sulfide) groups is 1. The zero-order chi connectivity index (χ0) is 19.4. The predicted octanol–water partition coefficient (Wildman–Crippen LogP) is 3.50. The van der Waals surface area contributed by atoms with Crippen LogP contribution < -0.4 is 4.90 Å². The number of anilines is 1. The van der Waals surface area contributed by atoms with Crippen LogP contribution >= 0.6 is 11.8 Å². The number of rotatable bonds is 2. The summed E-state index contributed by atoms with van der Waals surface area (Å²) in [6, 6.07) is 14.7. The fourth-order valence-corrected chi connectivity index (χ4v) is 6.96. The van der Waals surface area contributed by atoms with Gasteiger partial charge in [0.2, 0.25) is 5.91 Å². The molecule has 0 radical (unpaired) electrons. The molecule has 0 aliphatic carbocycles. The van der Waals surface area contributed by atoms with E-state index in [4.69, 9.17) is 0 Å². The highest BCUT2D eigenvalue weighted by Gasteiger charge is 2.57. The third-order valence-corrected chi connectivity index (χ3v) is 8.44. The first-order valence-corrected chi connectivity index (χ1v) is 11.2. The number of carbonyl (C=O) groups excluding carboxylic acids is 1. The maximum absolute atomic E-state index is 13.6. The molecule has 1 spiro atoms. The standard InChI is InChI=1S/C22H23N5OS/c28-21-22(29-20-7-6-17(26(20)21)16-4-2-1-3-5-16)10-14-25(15-11-22)19-9-12-23-18-8-13-24-27(18)19/h1-5,8-9,12-13,17,20H,6-7,10-11,14-15H2/t17-,20-/m0/s1. The van der Waals surface area contributed by atoms with Crippen LogP contribution in [0.5, 0.6) is 0 Å². The molecule has 5 heterocycles. The summed E-state index contributed by atoms with van der Waals surface area (Å²) in [6.45, 7) is 1.74. The fraction of sp³-hybridized carbons (Fsp3) is 0.409. The Morgan fingerprint density at radius 3 is 2.66 bits per heavy atom. The number of aromatic nitrogens is 3. The van der Waals surface area contributed by atoms with Gasteiger partial charge in [0.25, 0.3) is 0 Å². The van der Waals surface area contributed by atoms with Crippen LogP contribution in [0.1, 0.15) is 37.3 Å². The Labute approximate surface area is 173 Å². The summed E-state index contributed by atoms with van der Waals surface area (Å²) in [5, 5.41) is 4.75. The second-order valence-electron chi connectivity index (χ2n) is 8.17. The van der Waals surface area contributed by atoms with Crippen molar-refractivity contribution in [3.05, 3.63) is 60.4 Å². The van der Waals surface area contributed by atoms with Gasteiger partial charge in [-0.05, 0) is 37.3 Å². The van der Waals surface area contributed by atoms with Crippen molar-refractivity contribution in [2.75, 3.05) is 18.0 Å². The highest BCUT2D eigenvalue weighted by atomic mass is 32.2. The van der Waals surface area contributed by atoms with Crippen molar-refractivity contribution in [1.82, 2.24) is 19.5 Å². The molecule has 6 nitrogen and oxygen atoms in total. The number of benzene rings is 1. The molecular weight excluding hydrogens is 382 g/mol. The quantitative estimate of drug-likeness (QED) is 0.653. The molecule has 2 aromatic heterocycles. The topological polar surface area (TPSA) is 53.7 Å². The lowest BCUT2D eigenvalue weighted by atomic mass is 9.93. The lowest BCUT2D eigenvalue weighted by Gasteiger charge is -2.38. The van der Waals surface area contributed by atoms with E-state index in [9.17, 15) is 4.79 Å². The summed E-state index contributed by atoms with van der Waals surface area (Å²) >= 11 is 1.93. The molecule has 7 heteroatoms. The fourth-order valence-electron chi connectivity index (χ4n) is 5.21. The lowest BCUT2D eigenvalue weighted by Crippen LogP contribution is -2.48. The second kappa shape index (κ2) is 6.49. The third kappa shape index (κ3) is 2.60. The van der Waals surface area contributed by atoms with Crippen molar-refractivity contribution in [3.8, 4) is 0 Å². The summed E-state index contributed by atoms with van der Waals surface area (Å²) < 4.78 is 1.64. The number of amides is 1. The molecule has 29 heavy (non-hydrogen) atoms. The molecule has 6 rings (SSSR count). The molecule has 2 atom stereocenters. The van der Waals surface area contributed by atoms with E-state index in [-0.39, 0.29) is 10.8 Å². The monoisotopic (exact) mass is 405 g/mol. The zero-order valence-corrected chi connectivity index (χ0v) is 17.0. The van der Waals surface area contributed by atoms with Crippen LogP contribution in [0.2, 0.25) is 0 Å². The Morgan fingerprint density at radius 1 is 1.00 bits per heavy atom. The van der Waals surface area contributed by atoms with Gasteiger partial charge < -0.3 is 9.80 Å². The highest BCUT2D eigenvalue weighted by molar-refractivity contribution is 8.02. The number of piperidine rings is 1. The van der Waals surface area contributed by atoms with E-state index in [1.807, 2.05) is 40.7 Å². The number of fused-ring (bicyclic) bond motifs is 2. The van der Waals surface area contributed by atoms with Gasteiger partial charge in [-0.1, -0.05) is 30.3 Å². The van der Waals surface area contributed by atoms with E-state index in [2.05, 4.69) is 44.1 Å². The van der Waals surface area contributed by atoms with Crippen LogP contribution in [0.25, 0.3) is 5.65 Å². The normalized spacial score (nSPS) is 25.9. The molecule has 0 N–H and O–H groups in total. The molecule has 3 aliphatic rings. The lowest BCUT2D eigenvalue weighted by molar-refractivity contribution is -0.134. The second-order valence-corrected chi connectivity index (χ2v) is 9.74. The largest absolute Gasteiger partial charge is 0.356 e. The van der Waals surface area contributed by atoms with Gasteiger partial charge in [0.05, 0.1) is 17.6 Å². The first kappa shape index (κ1) is 17.3. The predicted molar refractivity (Wildman–Crippen MR) is 114 cm³/mol. The van der Waals surface area contributed by atoms with Crippen molar-refractivity contribution >= 4 is 29.1 Å². The number of carbonyl (C=O) groups is 1. The minimum atomic E-state index is -0.259. The average Bonchev–Trinajstić information content (AvgIpc) is 3.46. The van der Waals surface area contributed by atoms with Crippen LogP contribution in [0.3, 0.4) is 0 Å². The number of hydrogen-bond donors (Lipinski definition) is 0. The first-order valence-electron chi connectivity index (χ1n) is 10.3. The molecule has 0 saturated carbocycles. The van der Waals surface area contributed by atoms with Crippen LogP contribution in [-0.4, -0.2) is 48.6 Å². The summed E-state index contributed by atoms with van der Waals surface area (Å²) in [5.41, 5.74) is 2.14. The minimum Gasteiger partial charge on any atom is -0.356 e. The van der Waals surface area contributed by atoms with Crippen molar-refractivity contribution in [2.24, 2.45) is 0 Å². The molecular formula is C22H23N5OS. The van der Waals surface area contributed by atoms with Gasteiger partial charge in [0, 0.05) is 25.4 Å². The smallest absolute Gasteiger partial charge is 0.240 e.